The number of likely N-dealkylation sites (tertiary alicyclic amines) is 1. The van der Waals surface area contributed by atoms with E-state index in [0.717, 1.165) is 38.2 Å². The minimum Gasteiger partial charge on any atom is -0.496 e. The number of amides is 1. The lowest BCUT2D eigenvalue weighted by Crippen LogP contribution is -2.47. The molecule has 1 saturated heterocycles. The van der Waals surface area contributed by atoms with Crippen LogP contribution >= 0.6 is 0 Å². The first kappa shape index (κ1) is 21.1. The first-order valence-electron chi connectivity index (χ1n) is 10.8. The number of aryl methyl sites for hydroxylation is 1. The normalized spacial score (nSPS) is 14.9. The van der Waals surface area contributed by atoms with Gasteiger partial charge in [0.1, 0.15) is 5.75 Å². The third-order valence-electron chi connectivity index (χ3n) is 5.95. The molecular formula is C26H29N3O2. The van der Waals surface area contributed by atoms with Crippen molar-refractivity contribution in [1.82, 2.24) is 9.88 Å². The summed E-state index contributed by atoms with van der Waals surface area (Å²) in [6.45, 7) is 4.89. The maximum Gasteiger partial charge on any atom is 0.262 e. The van der Waals surface area contributed by atoms with Crippen LogP contribution in [0.15, 0.2) is 73.1 Å². The minimum absolute atomic E-state index is 0.00566. The number of nitrogens with zero attached hydrogens (tertiary/aromatic N) is 3. The van der Waals surface area contributed by atoms with Crippen LogP contribution in [0, 0.1) is 6.92 Å². The Labute approximate surface area is 184 Å². The minimum atomic E-state index is -0.00566. The molecule has 0 atom stereocenters. The number of aromatic nitrogens is 1. The molecule has 5 nitrogen and oxygen atoms in total. The Morgan fingerprint density at radius 2 is 1.71 bits per heavy atom. The Balaban J connectivity index is 1.55. The van der Waals surface area contributed by atoms with E-state index in [0.29, 0.717) is 11.3 Å². The van der Waals surface area contributed by atoms with Gasteiger partial charge in [-0.05, 0) is 61.7 Å². The highest BCUT2D eigenvalue weighted by Crippen LogP contribution is 2.29. The second-order valence-corrected chi connectivity index (χ2v) is 8.07. The lowest BCUT2D eigenvalue weighted by atomic mass is 9.99. The van der Waals surface area contributed by atoms with Gasteiger partial charge in [0.05, 0.1) is 12.7 Å². The van der Waals surface area contributed by atoms with Crippen molar-refractivity contribution in [3.8, 4) is 5.75 Å². The predicted molar refractivity (Wildman–Crippen MR) is 124 cm³/mol. The van der Waals surface area contributed by atoms with Crippen molar-refractivity contribution in [2.45, 2.75) is 32.4 Å². The van der Waals surface area contributed by atoms with E-state index in [-0.39, 0.29) is 11.9 Å². The molecule has 0 N–H and O–H groups in total. The first-order valence-corrected chi connectivity index (χ1v) is 10.8. The van der Waals surface area contributed by atoms with Gasteiger partial charge in [-0.2, -0.15) is 0 Å². The highest BCUT2D eigenvalue weighted by atomic mass is 16.5. The van der Waals surface area contributed by atoms with Crippen LogP contribution in [0.4, 0.5) is 5.69 Å². The van der Waals surface area contributed by atoms with Gasteiger partial charge in [0.15, 0.2) is 0 Å². The van der Waals surface area contributed by atoms with E-state index < -0.39 is 0 Å². The molecule has 160 valence electrons. The summed E-state index contributed by atoms with van der Waals surface area (Å²) < 4.78 is 5.48. The monoisotopic (exact) mass is 415 g/mol. The molecule has 2 heterocycles. The Kier molecular flexibility index (Phi) is 6.63. The quantitative estimate of drug-likeness (QED) is 0.585. The molecule has 0 bridgehead atoms. The molecule has 0 saturated carbocycles. The number of anilines is 1. The van der Waals surface area contributed by atoms with Crippen LogP contribution in [0.25, 0.3) is 0 Å². The molecule has 1 amide bonds. The Bertz CT molecular complexity index is 997. The topological polar surface area (TPSA) is 45.7 Å². The van der Waals surface area contributed by atoms with Crippen molar-refractivity contribution in [3.05, 3.63) is 89.7 Å². The average molecular weight is 416 g/mol. The molecule has 3 aromatic rings. The highest BCUT2D eigenvalue weighted by Gasteiger charge is 2.31. The molecule has 0 aliphatic carbocycles. The van der Waals surface area contributed by atoms with Crippen LogP contribution in [0.3, 0.4) is 0 Å². The number of pyridine rings is 1. The zero-order chi connectivity index (χ0) is 21.6. The van der Waals surface area contributed by atoms with Gasteiger partial charge in [-0.25, -0.2) is 0 Å². The molecule has 31 heavy (non-hydrogen) atoms. The van der Waals surface area contributed by atoms with Crippen LogP contribution in [0.1, 0.15) is 34.3 Å². The van der Waals surface area contributed by atoms with E-state index in [1.807, 2.05) is 53.7 Å². The van der Waals surface area contributed by atoms with Gasteiger partial charge in [0.2, 0.25) is 0 Å². The lowest BCUT2D eigenvalue weighted by molar-refractivity contribution is 0.0955. The third kappa shape index (κ3) is 4.94. The molecule has 1 aliphatic heterocycles. The van der Waals surface area contributed by atoms with Gasteiger partial charge in [0.25, 0.3) is 5.91 Å². The van der Waals surface area contributed by atoms with Gasteiger partial charge in [-0.3, -0.25) is 14.7 Å². The Morgan fingerprint density at radius 1 is 1.03 bits per heavy atom. The number of ether oxygens (including phenoxy) is 1. The molecule has 0 spiro atoms. The standard InChI is InChI=1S/C26H29N3O2/c1-20-7-9-22(10-8-20)29(26(30)24-5-3-4-6-25(24)31-2)23-13-17-28(18-14-23)19-21-11-15-27-16-12-21/h3-12,15-16,23H,13-14,17-19H2,1-2H3. The number of methoxy groups -OCH3 is 1. The van der Waals surface area contributed by atoms with Crippen LogP contribution in [0.2, 0.25) is 0 Å². The van der Waals surface area contributed by atoms with Gasteiger partial charge in [-0.15, -0.1) is 0 Å². The average Bonchev–Trinajstić information content (AvgIpc) is 2.82. The summed E-state index contributed by atoms with van der Waals surface area (Å²) >= 11 is 0. The van der Waals surface area contributed by atoms with Crippen LogP contribution < -0.4 is 9.64 Å². The van der Waals surface area contributed by atoms with E-state index in [2.05, 4.69) is 41.1 Å². The van der Waals surface area contributed by atoms with Crippen LogP contribution in [-0.2, 0) is 6.54 Å². The molecule has 5 heteroatoms. The molecule has 4 rings (SSSR count). The predicted octanol–water partition coefficient (Wildman–Crippen LogP) is 4.71. The van der Waals surface area contributed by atoms with E-state index in [4.69, 9.17) is 4.74 Å². The number of carbonyl (C=O) groups is 1. The third-order valence-corrected chi connectivity index (χ3v) is 5.95. The van der Waals surface area contributed by atoms with Gasteiger partial charge < -0.3 is 9.64 Å². The molecule has 1 aromatic heterocycles. The maximum atomic E-state index is 13.7. The fourth-order valence-corrected chi connectivity index (χ4v) is 4.23. The van der Waals surface area contributed by atoms with E-state index in [1.54, 1.807) is 7.11 Å². The number of para-hydroxylation sites is 1. The fraction of sp³-hybridized carbons (Fsp3) is 0.308. The first-order chi connectivity index (χ1) is 15.2. The molecule has 1 aliphatic rings. The number of hydrogen-bond acceptors (Lipinski definition) is 4. The Hall–Kier alpha value is -3.18. The van der Waals surface area contributed by atoms with Crippen molar-refractivity contribution in [3.63, 3.8) is 0 Å². The molecular weight excluding hydrogens is 386 g/mol. The highest BCUT2D eigenvalue weighted by molar-refractivity contribution is 6.08. The van der Waals surface area contributed by atoms with Crippen molar-refractivity contribution >= 4 is 11.6 Å². The SMILES string of the molecule is COc1ccccc1C(=O)N(c1ccc(C)cc1)C1CCN(Cc2ccncc2)CC1. The molecule has 1 fully saturated rings. The lowest BCUT2D eigenvalue weighted by Gasteiger charge is -2.39. The summed E-state index contributed by atoms with van der Waals surface area (Å²) in [4.78, 5) is 22.2. The maximum absolute atomic E-state index is 13.7. The van der Waals surface area contributed by atoms with Crippen LogP contribution in [-0.4, -0.2) is 42.0 Å². The van der Waals surface area contributed by atoms with Crippen molar-refractivity contribution in [2.24, 2.45) is 0 Å². The van der Waals surface area contributed by atoms with Crippen molar-refractivity contribution in [2.75, 3.05) is 25.1 Å². The van der Waals surface area contributed by atoms with Crippen molar-refractivity contribution < 1.29 is 9.53 Å². The number of benzene rings is 2. The smallest absolute Gasteiger partial charge is 0.262 e. The number of rotatable bonds is 6. The zero-order valence-corrected chi connectivity index (χ0v) is 18.2. The zero-order valence-electron chi connectivity index (χ0n) is 18.2. The van der Waals surface area contributed by atoms with E-state index in [1.165, 1.54) is 11.1 Å². The molecule has 2 aromatic carbocycles. The summed E-state index contributed by atoms with van der Waals surface area (Å²) in [6.07, 6.45) is 5.54. The summed E-state index contributed by atoms with van der Waals surface area (Å²) in [5.74, 6) is 0.605. The fourth-order valence-electron chi connectivity index (χ4n) is 4.23. The number of piperidine rings is 1. The molecule has 0 radical (unpaired) electrons. The van der Waals surface area contributed by atoms with Crippen LogP contribution in [0.5, 0.6) is 5.75 Å². The second-order valence-electron chi connectivity index (χ2n) is 8.07. The Morgan fingerprint density at radius 3 is 2.39 bits per heavy atom. The van der Waals surface area contributed by atoms with E-state index in [9.17, 15) is 4.79 Å². The summed E-state index contributed by atoms with van der Waals surface area (Å²) in [5, 5.41) is 0. The summed E-state index contributed by atoms with van der Waals surface area (Å²) in [5.41, 5.74) is 3.99. The summed E-state index contributed by atoms with van der Waals surface area (Å²) in [7, 11) is 1.61. The van der Waals surface area contributed by atoms with E-state index >= 15 is 0 Å². The van der Waals surface area contributed by atoms with Crippen molar-refractivity contribution in [1.29, 1.82) is 0 Å². The van der Waals surface area contributed by atoms with Gasteiger partial charge in [-0.1, -0.05) is 29.8 Å². The molecule has 0 unspecified atom stereocenters. The largest absolute Gasteiger partial charge is 0.496 e. The second kappa shape index (κ2) is 9.75. The van der Waals surface area contributed by atoms with Gasteiger partial charge >= 0.3 is 0 Å². The summed E-state index contributed by atoms with van der Waals surface area (Å²) in [6, 6.07) is 20.0. The van der Waals surface area contributed by atoms with Gasteiger partial charge in [0, 0.05) is 43.8 Å². The number of hydrogen-bond donors (Lipinski definition) is 0. The number of carbonyl (C=O) groups excluding carboxylic acids is 1.